The SMILES string of the molecule is C=C/C=C\C(=C/C)CN(CCCC)/C(=C\N)CC.CC.CCc1ccccc1.CCc1ccccn1. The van der Waals surface area contributed by atoms with Crippen LogP contribution in [0, 0.1) is 0 Å². The van der Waals surface area contributed by atoms with Gasteiger partial charge in [-0.25, -0.2) is 0 Å². The first-order chi connectivity index (χ1) is 17.6. The standard InChI is InChI=1S/C16H28N2.C8H10.C7H9N.C2H6/c1-5-9-11-15(7-3)14-18(12-10-6-2)16(8-4)13-17;1-2-8-6-4-3-5-7-8;1-2-7-5-3-4-6-8-7;1-2/h5,7,9,11,13H,1,6,8,10,12,14,17H2,2-4H3;3-7H,2H2,1H3;3-6H,2H2,1H3;1-2H3/b11-9-,15-7+,16-13-;;;. The van der Waals surface area contributed by atoms with Gasteiger partial charge in [-0.05, 0) is 55.9 Å². The van der Waals surface area contributed by atoms with E-state index in [9.17, 15) is 0 Å². The van der Waals surface area contributed by atoms with Crippen molar-refractivity contribution in [3.63, 3.8) is 0 Å². The summed E-state index contributed by atoms with van der Waals surface area (Å²) in [6.45, 7) is 20.4. The van der Waals surface area contributed by atoms with E-state index in [1.807, 2.05) is 50.4 Å². The first-order valence-electron chi connectivity index (χ1n) is 13.6. The molecule has 1 aromatic carbocycles. The summed E-state index contributed by atoms with van der Waals surface area (Å²) >= 11 is 0. The van der Waals surface area contributed by atoms with Crippen molar-refractivity contribution in [2.45, 2.75) is 80.6 Å². The molecule has 0 spiro atoms. The molecule has 0 aliphatic heterocycles. The lowest BCUT2D eigenvalue weighted by Crippen LogP contribution is -2.26. The lowest BCUT2D eigenvalue weighted by atomic mass is 10.1. The van der Waals surface area contributed by atoms with Crippen molar-refractivity contribution in [2.24, 2.45) is 5.73 Å². The van der Waals surface area contributed by atoms with E-state index in [0.29, 0.717) is 0 Å². The summed E-state index contributed by atoms with van der Waals surface area (Å²) in [5.74, 6) is 0. The van der Waals surface area contributed by atoms with Crippen LogP contribution < -0.4 is 5.73 Å². The normalized spacial score (nSPS) is 10.8. The van der Waals surface area contributed by atoms with Gasteiger partial charge in [0.1, 0.15) is 0 Å². The van der Waals surface area contributed by atoms with Crippen molar-refractivity contribution in [3.8, 4) is 0 Å². The van der Waals surface area contributed by atoms with Gasteiger partial charge < -0.3 is 10.6 Å². The predicted molar refractivity (Wildman–Crippen MR) is 163 cm³/mol. The van der Waals surface area contributed by atoms with Gasteiger partial charge >= 0.3 is 0 Å². The number of allylic oxidation sites excluding steroid dienone is 4. The van der Waals surface area contributed by atoms with E-state index in [0.717, 1.165) is 38.0 Å². The van der Waals surface area contributed by atoms with E-state index in [2.05, 4.69) is 87.5 Å². The molecular weight excluding hydrogens is 438 g/mol. The molecule has 1 aromatic heterocycles. The number of nitrogens with two attached hydrogens (primary N) is 1. The minimum atomic E-state index is 0.914. The minimum Gasteiger partial charge on any atom is -0.403 e. The summed E-state index contributed by atoms with van der Waals surface area (Å²) in [4.78, 5) is 6.46. The molecule has 2 rings (SSSR count). The van der Waals surface area contributed by atoms with Crippen LogP contribution in [0.15, 0.2) is 103 Å². The summed E-state index contributed by atoms with van der Waals surface area (Å²) in [6, 6.07) is 16.4. The van der Waals surface area contributed by atoms with Crippen molar-refractivity contribution in [3.05, 3.63) is 114 Å². The van der Waals surface area contributed by atoms with E-state index < -0.39 is 0 Å². The molecule has 0 atom stereocenters. The fourth-order valence-corrected chi connectivity index (χ4v) is 3.09. The third-order valence-corrected chi connectivity index (χ3v) is 5.27. The van der Waals surface area contributed by atoms with Gasteiger partial charge in [-0.15, -0.1) is 0 Å². The summed E-state index contributed by atoms with van der Waals surface area (Å²) in [5.41, 5.74) is 10.8. The molecule has 0 amide bonds. The molecule has 0 saturated heterocycles. The highest BCUT2D eigenvalue weighted by atomic mass is 15.1. The maximum atomic E-state index is 5.72. The van der Waals surface area contributed by atoms with Crippen molar-refractivity contribution < 1.29 is 0 Å². The molecule has 0 aliphatic carbocycles. The van der Waals surface area contributed by atoms with E-state index in [4.69, 9.17) is 5.73 Å². The van der Waals surface area contributed by atoms with Crippen LogP contribution in [0.3, 0.4) is 0 Å². The summed E-state index contributed by atoms with van der Waals surface area (Å²) in [7, 11) is 0. The Kier molecular flexibility index (Phi) is 25.9. The summed E-state index contributed by atoms with van der Waals surface area (Å²) < 4.78 is 0. The van der Waals surface area contributed by atoms with Gasteiger partial charge in [0.15, 0.2) is 0 Å². The maximum Gasteiger partial charge on any atom is 0.0423 e. The second-order valence-corrected chi connectivity index (χ2v) is 7.76. The highest BCUT2D eigenvalue weighted by Gasteiger charge is 2.08. The molecule has 3 nitrogen and oxygen atoms in total. The maximum absolute atomic E-state index is 5.72. The number of benzene rings is 1. The Bertz CT molecular complexity index is 781. The molecular formula is C33H53N3. The number of hydrogen-bond donors (Lipinski definition) is 1. The second kappa shape index (κ2) is 26.5. The number of rotatable bonds is 11. The van der Waals surface area contributed by atoms with Crippen LogP contribution in [-0.4, -0.2) is 23.0 Å². The van der Waals surface area contributed by atoms with Gasteiger partial charge in [-0.3, -0.25) is 4.98 Å². The largest absolute Gasteiger partial charge is 0.403 e. The predicted octanol–water partition coefficient (Wildman–Crippen LogP) is 8.91. The van der Waals surface area contributed by atoms with Crippen molar-refractivity contribution in [1.82, 2.24) is 9.88 Å². The fourth-order valence-electron chi connectivity index (χ4n) is 3.09. The minimum absolute atomic E-state index is 0.914. The van der Waals surface area contributed by atoms with Gasteiger partial charge in [-0.2, -0.15) is 0 Å². The number of nitrogens with zero attached hydrogens (tertiary/aromatic N) is 2. The van der Waals surface area contributed by atoms with Crippen LogP contribution in [0.1, 0.15) is 79.0 Å². The Morgan fingerprint density at radius 2 is 1.64 bits per heavy atom. The molecule has 0 aliphatic rings. The van der Waals surface area contributed by atoms with Crippen LogP contribution in [0.4, 0.5) is 0 Å². The zero-order valence-electron chi connectivity index (χ0n) is 24.2. The molecule has 0 radical (unpaired) electrons. The van der Waals surface area contributed by atoms with Crippen molar-refractivity contribution in [2.75, 3.05) is 13.1 Å². The Labute approximate surface area is 223 Å². The zero-order valence-corrected chi connectivity index (χ0v) is 24.2. The topological polar surface area (TPSA) is 42.1 Å². The fraction of sp³-hybridized carbons (Fsp3) is 0.424. The highest BCUT2D eigenvalue weighted by molar-refractivity contribution is 5.23. The molecule has 2 N–H and O–H groups in total. The number of unbranched alkanes of at least 4 members (excludes halogenated alkanes) is 1. The number of hydrogen-bond acceptors (Lipinski definition) is 3. The molecule has 200 valence electrons. The third-order valence-electron chi connectivity index (χ3n) is 5.27. The van der Waals surface area contributed by atoms with Gasteiger partial charge in [0.05, 0.1) is 0 Å². The second-order valence-electron chi connectivity index (χ2n) is 7.76. The van der Waals surface area contributed by atoms with Gasteiger partial charge in [0.25, 0.3) is 0 Å². The van der Waals surface area contributed by atoms with Crippen LogP contribution in [0.5, 0.6) is 0 Å². The lowest BCUT2D eigenvalue weighted by molar-refractivity contribution is 0.355. The third kappa shape index (κ3) is 18.3. The lowest BCUT2D eigenvalue weighted by Gasteiger charge is -2.27. The molecule has 2 aromatic rings. The Balaban J connectivity index is 0. The molecule has 1 heterocycles. The van der Waals surface area contributed by atoms with E-state index >= 15 is 0 Å². The van der Waals surface area contributed by atoms with Gasteiger partial charge in [0, 0.05) is 36.9 Å². The number of pyridine rings is 1. The average Bonchev–Trinajstić information content (AvgIpc) is 2.96. The summed E-state index contributed by atoms with van der Waals surface area (Å²) in [6.07, 6.45) is 17.1. The molecule has 0 saturated carbocycles. The Morgan fingerprint density at radius 3 is 2.03 bits per heavy atom. The molecule has 0 fully saturated rings. The van der Waals surface area contributed by atoms with Gasteiger partial charge in [-0.1, -0.05) is 115 Å². The van der Waals surface area contributed by atoms with Crippen LogP contribution in [0.2, 0.25) is 0 Å². The molecule has 0 bridgehead atoms. The van der Waals surface area contributed by atoms with Crippen molar-refractivity contribution in [1.29, 1.82) is 0 Å². The van der Waals surface area contributed by atoms with E-state index in [1.54, 1.807) is 12.3 Å². The quantitative estimate of drug-likeness (QED) is 0.319. The monoisotopic (exact) mass is 491 g/mol. The highest BCUT2D eigenvalue weighted by Crippen LogP contribution is 2.13. The first kappa shape index (κ1) is 35.1. The first-order valence-corrected chi connectivity index (χ1v) is 13.6. The Morgan fingerprint density at radius 1 is 0.972 bits per heavy atom. The summed E-state index contributed by atoms with van der Waals surface area (Å²) in [5, 5.41) is 0. The molecule has 36 heavy (non-hydrogen) atoms. The Hall–Kier alpha value is -3.07. The zero-order chi connectivity index (χ0) is 27.4. The van der Waals surface area contributed by atoms with Crippen LogP contribution >= 0.6 is 0 Å². The van der Waals surface area contributed by atoms with Gasteiger partial charge in [0.2, 0.25) is 0 Å². The van der Waals surface area contributed by atoms with E-state index in [-0.39, 0.29) is 0 Å². The van der Waals surface area contributed by atoms with Crippen LogP contribution in [0.25, 0.3) is 0 Å². The molecule has 0 unspecified atom stereocenters. The number of aryl methyl sites for hydroxylation is 2. The smallest absolute Gasteiger partial charge is 0.0423 e. The number of aromatic nitrogens is 1. The van der Waals surface area contributed by atoms with E-state index in [1.165, 1.54) is 29.7 Å². The molecule has 3 heteroatoms. The van der Waals surface area contributed by atoms with Crippen molar-refractivity contribution >= 4 is 0 Å². The average molecular weight is 492 g/mol. The van der Waals surface area contributed by atoms with Crippen LogP contribution in [-0.2, 0) is 12.8 Å².